The molecule has 0 atom stereocenters. The molecule has 2 rings (SSSR count). The highest BCUT2D eigenvalue weighted by Crippen LogP contribution is 2.21. The van der Waals surface area contributed by atoms with Gasteiger partial charge in [0.1, 0.15) is 0 Å². The minimum absolute atomic E-state index is 0.0114. The number of thiophene rings is 1. The van der Waals surface area contributed by atoms with Gasteiger partial charge in [-0.2, -0.15) is 0 Å². The van der Waals surface area contributed by atoms with Crippen LogP contribution in [0.2, 0.25) is 4.34 Å². The van der Waals surface area contributed by atoms with Gasteiger partial charge in [-0.05, 0) is 18.2 Å². The first-order chi connectivity index (χ1) is 8.16. The van der Waals surface area contributed by atoms with E-state index in [4.69, 9.17) is 11.6 Å². The first kappa shape index (κ1) is 12.0. The van der Waals surface area contributed by atoms with E-state index in [-0.39, 0.29) is 5.56 Å². The van der Waals surface area contributed by atoms with Crippen LogP contribution >= 0.6 is 22.9 Å². The predicted octanol–water partition coefficient (Wildman–Crippen LogP) is 2.87. The Labute approximate surface area is 106 Å². The number of carbonyl (C=O) groups excluding carboxylic acids is 1. The summed E-state index contributed by atoms with van der Waals surface area (Å²) < 4.78 is 13.9. The molecule has 0 radical (unpaired) electrons. The summed E-state index contributed by atoms with van der Waals surface area (Å²) in [6.07, 6.45) is 2.39. The molecule has 2 heterocycles. The summed E-state index contributed by atoms with van der Waals surface area (Å²) in [7, 11) is 0. The molecule has 6 heteroatoms. The lowest BCUT2D eigenvalue weighted by molar-refractivity contribution is 0.0947. The van der Waals surface area contributed by atoms with Gasteiger partial charge < -0.3 is 5.32 Å². The molecule has 2 aromatic heterocycles. The van der Waals surface area contributed by atoms with Crippen molar-refractivity contribution >= 4 is 28.8 Å². The van der Waals surface area contributed by atoms with Crippen LogP contribution < -0.4 is 5.32 Å². The number of nitrogens with one attached hydrogen (secondary N) is 1. The second kappa shape index (κ2) is 5.25. The van der Waals surface area contributed by atoms with Crippen LogP contribution in [0.1, 0.15) is 15.2 Å². The highest BCUT2D eigenvalue weighted by atomic mass is 35.5. The van der Waals surface area contributed by atoms with Crippen LogP contribution in [0.5, 0.6) is 0 Å². The molecule has 0 saturated carbocycles. The molecule has 0 bridgehead atoms. The molecular weight excluding hydrogens is 263 g/mol. The smallest absolute Gasteiger partial charge is 0.254 e. The Balaban J connectivity index is 2.01. The Morgan fingerprint density at radius 1 is 1.47 bits per heavy atom. The molecule has 0 aromatic carbocycles. The molecule has 0 spiro atoms. The van der Waals surface area contributed by atoms with Gasteiger partial charge in [0.05, 0.1) is 22.6 Å². The highest BCUT2D eigenvalue weighted by molar-refractivity contribution is 7.16. The Morgan fingerprint density at radius 2 is 2.29 bits per heavy atom. The first-order valence-electron chi connectivity index (χ1n) is 4.79. The third-order valence-corrected chi connectivity index (χ3v) is 3.30. The van der Waals surface area contributed by atoms with Crippen LogP contribution in [0, 0.1) is 5.82 Å². The number of nitrogens with zero attached hydrogens (tertiary/aromatic N) is 1. The topological polar surface area (TPSA) is 42.0 Å². The minimum atomic E-state index is -0.630. The van der Waals surface area contributed by atoms with Crippen LogP contribution in [0.4, 0.5) is 4.39 Å². The van der Waals surface area contributed by atoms with E-state index < -0.39 is 11.7 Å². The lowest BCUT2D eigenvalue weighted by Crippen LogP contribution is -2.23. The van der Waals surface area contributed by atoms with Crippen molar-refractivity contribution in [2.75, 3.05) is 0 Å². The molecule has 0 unspecified atom stereocenters. The van der Waals surface area contributed by atoms with Crippen molar-refractivity contribution in [2.24, 2.45) is 0 Å². The van der Waals surface area contributed by atoms with E-state index in [2.05, 4.69) is 10.3 Å². The van der Waals surface area contributed by atoms with Crippen LogP contribution in [0.25, 0.3) is 0 Å². The van der Waals surface area contributed by atoms with Crippen molar-refractivity contribution in [1.82, 2.24) is 10.3 Å². The Morgan fingerprint density at radius 3 is 2.94 bits per heavy atom. The average Bonchev–Trinajstić information content (AvgIpc) is 2.73. The maximum absolute atomic E-state index is 13.2. The normalized spacial score (nSPS) is 10.2. The Bertz CT molecular complexity index is 544. The fourth-order valence-electron chi connectivity index (χ4n) is 1.27. The molecule has 1 amide bonds. The van der Waals surface area contributed by atoms with Gasteiger partial charge in [-0.15, -0.1) is 11.3 Å². The third-order valence-electron chi connectivity index (χ3n) is 2.07. The van der Waals surface area contributed by atoms with E-state index >= 15 is 0 Å². The molecule has 1 N–H and O–H groups in total. The zero-order valence-electron chi connectivity index (χ0n) is 8.61. The van der Waals surface area contributed by atoms with Crippen LogP contribution in [-0.4, -0.2) is 10.9 Å². The first-order valence-corrected chi connectivity index (χ1v) is 5.98. The van der Waals surface area contributed by atoms with Gasteiger partial charge in [-0.25, -0.2) is 4.39 Å². The molecule has 0 aliphatic carbocycles. The molecule has 17 heavy (non-hydrogen) atoms. The van der Waals surface area contributed by atoms with Gasteiger partial charge in [-0.3, -0.25) is 9.78 Å². The zero-order chi connectivity index (χ0) is 12.3. The summed E-state index contributed by atoms with van der Waals surface area (Å²) in [5.41, 5.74) is -0.0114. The van der Waals surface area contributed by atoms with Crippen molar-refractivity contribution in [1.29, 1.82) is 0 Å². The maximum atomic E-state index is 13.2. The number of aromatic nitrogens is 1. The van der Waals surface area contributed by atoms with Crippen LogP contribution in [-0.2, 0) is 6.54 Å². The van der Waals surface area contributed by atoms with Crippen molar-refractivity contribution < 1.29 is 9.18 Å². The monoisotopic (exact) mass is 270 g/mol. The SMILES string of the molecule is O=C(NCc1ccc(Cl)s1)c1ccncc1F. The highest BCUT2D eigenvalue weighted by Gasteiger charge is 2.10. The van der Waals surface area contributed by atoms with Crippen molar-refractivity contribution in [2.45, 2.75) is 6.54 Å². The summed E-state index contributed by atoms with van der Waals surface area (Å²) in [5, 5.41) is 2.61. The molecule has 2 aromatic rings. The molecule has 0 aliphatic heterocycles. The maximum Gasteiger partial charge on any atom is 0.254 e. The number of amides is 1. The van der Waals surface area contributed by atoms with Gasteiger partial charge in [0.25, 0.3) is 5.91 Å². The van der Waals surface area contributed by atoms with E-state index in [1.165, 1.54) is 23.6 Å². The van der Waals surface area contributed by atoms with E-state index in [1.54, 1.807) is 6.07 Å². The number of carbonyl (C=O) groups is 1. The molecule has 88 valence electrons. The molecule has 0 saturated heterocycles. The Hall–Kier alpha value is -1.46. The number of hydrogen-bond acceptors (Lipinski definition) is 3. The summed E-state index contributed by atoms with van der Waals surface area (Å²) >= 11 is 7.13. The lowest BCUT2D eigenvalue weighted by atomic mass is 10.2. The summed E-state index contributed by atoms with van der Waals surface area (Å²) in [4.78, 5) is 16.1. The molecule has 0 aliphatic rings. The van der Waals surface area contributed by atoms with Crippen molar-refractivity contribution in [3.8, 4) is 0 Å². The third kappa shape index (κ3) is 3.01. The predicted molar refractivity (Wildman–Crippen MR) is 64.7 cm³/mol. The number of halogens is 2. The zero-order valence-corrected chi connectivity index (χ0v) is 10.2. The lowest BCUT2D eigenvalue weighted by Gasteiger charge is -2.03. The van der Waals surface area contributed by atoms with E-state index in [9.17, 15) is 9.18 Å². The fraction of sp³-hybridized carbons (Fsp3) is 0.0909. The van der Waals surface area contributed by atoms with Crippen molar-refractivity contribution in [3.05, 3.63) is 51.2 Å². The second-order valence-electron chi connectivity index (χ2n) is 3.24. The number of rotatable bonds is 3. The second-order valence-corrected chi connectivity index (χ2v) is 5.04. The number of pyridine rings is 1. The van der Waals surface area contributed by atoms with Gasteiger partial charge >= 0.3 is 0 Å². The minimum Gasteiger partial charge on any atom is -0.347 e. The van der Waals surface area contributed by atoms with Gasteiger partial charge in [0.15, 0.2) is 5.82 Å². The Kier molecular flexibility index (Phi) is 3.71. The summed E-state index contributed by atoms with van der Waals surface area (Å²) in [5.74, 6) is -1.09. The average molecular weight is 271 g/mol. The van der Waals surface area contributed by atoms with Crippen LogP contribution in [0.3, 0.4) is 0 Å². The van der Waals surface area contributed by atoms with Gasteiger partial charge in [-0.1, -0.05) is 11.6 Å². The number of hydrogen-bond donors (Lipinski definition) is 1. The van der Waals surface area contributed by atoms with Gasteiger partial charge in [0.2, 0.25) is 0 Å². The van der Waals surface area contributed by atoms with E-state index in [1.807, 2.05) is 6.07 Å². The fourth-order valence-corrected chi connectivity index (χ4v) is 2.30. The largest absolute Gasteiger partial charge is 0.347 e. The molecular formula is C11H8ClFN2OS. The summed E-state index contributed by atoms with van der Waals surface area (Å²) in [6, 6.07) is 4.91. The van der Waals surface area contributed by atoms with Crippen LogP contribution in [0.15, 0.2) is 30.6 Å². The molecule has 0 fully saturated rings. The summed E-state index contributed by atoms with van der Waals surface area (Å²) in [6.45, 7) is 0.331. The van der Waals surface area contributed by atoms with E-state index in [0.29, 0.717) is 10.9 Å². The van der Waals surface area contributed by atoms with Gasteiger partial charge in [0, 0.05) is 11.1 Å². The quantitative estimate of drug-likeness (QED) is 0.932. The standard InChI is InChI=1S/C11H8ClFN2OS/c12-10-2-1-7(17-10)5-15-11(16)8-3-4-14-6-9(8)13/h1-4,6H,5H2,(H,15,16). The molecule has 3 nitrogen and oxygen atoms in total. The van der Waals surface area contributed by atoms with E-state index in [0.717, 1.165) is 11.1 Å². The van der Waals surface area contributed by atoms with Crippen molar-refractivity contribution in [3.63, 3.8) is 0 Å².